The molecule has 3 nitrogen and oxygen atoms in total. The topological polar surface area (TPSA) is 32.7 Å². The lowest BCUT2D eigenvalue weighted by Crippen LogP contribution is -2.52. The summed E-state index contributed by atoms with van der Waals surface area (Å²) >= 11 is 5.97. The number of benzene rings is 1. The second-order valence-electron chi connectivity index (χ2n) is 7.18. The first-order valence-corrected chi connectivity index (χ1v) is 9.26. The van der Waals surface area contributed by atoms with Crippen molar-refractivity contribution in [2.45, 2.75) is 63.3 Å². The molecule has 3 aliphatic rings. The van der Waals surface area contributed by atoms with E-state index in [0.717, 1.165) is 19.3 Å². The van der Waals surface area contributed by atoms with Crippen LogP contribution in [0.15, 0.2) is 29.4 Å². The first-order chi connectivity index (χ1) is 11.2. The number of carbonyl (C=O) groups is 1. The molecule has 1 amide bonds. The molecular formula is C19H23ClN2O. The minimum Gasteiger partial charge on any atom is -0.267 e. The molecule has 122 valence electrons. The summed E-state index contributed by atoms with van der Waals surface area (Å²) in [5.41, 5.74) is 1.92. The van der Waals surface area contributed by atoms with E-state index in [1.54, 1.807) is 12.1 Å². The Balaban J connectivity index is 1.70. The molecule has 1 aromatic rings. The van der Waals surface area contributed by atoms with Gasteiger partial charge in [0, 0.05) is 22.2 Å². The molecule has 0 aromatic heterocycles. The normalized spacial score (nSPS) is 26.0. The van der Waals surface area contributed by atoms with E-state index in [4.69, 9.17) is 16.7 Å². The Morgan fingerprint density at radius 1 is 1.09 bits per heavy atom. The largest absolute Gasteiger partial charge is 0.274 e. The number of halogens is 1. The van der Waals surface area contributed by atoms with Gasteiger partial charge in [-0.15, -0.1) is 0 Å². The lowest BCUT2D eigenvalue weighted by molar-refractivity contribution is 0.0286. The number of nitrogens with zero attached hydrogens (tertiary/aromatic N) is 2. The van der Waals surface area contributed by atoms with Crippen LogP contribution in [0.2, 0.25) is 5.02 Å². The Bertz CT molecular complexity index is 631. The van der Waals surface area contributed by atoms with Gasteiger partial charge in [-0.25, -0.2) is 5.01 Å². The van der Waals surface area contributed by atoms with Crippen molar-refractivity contribution in [2.24, 2.45) is 11.0 Å². The Morgan fingerprint density at radius 3 is 2.57 bits per heavy atom. The zero-order chi connectivity index (χ0) is 15.9. The highest BCUT2D eigenvalue weighted by Crippen LogP contribution is 2.49. The predicted octanol–water partition coefficient (Wildman–Crippen LogP) is 5.04. The predicted molar refractivity (Wildman–Crippen MR) is 92.8 cm³/mol. The van der Waals surface area contributed by atoms with Gasteiger partial charge in [0.25, 0.3) is 5.91 Å². The Morgan fingerprint density at radius 2 is 1.83 bits per heavy atom. The number of hydrazone groups is 1. The fourth-order valence-corrected chi connectivity index (χ4v) is 4.88. The van der Waals surface area contributed by atoms with Crippen molar-refractivity contribution in [2.75, 3.05) is 0 Å². The fourth-order valence-electron chi connectivity index (χ4n) is 4.76. The molecular weight excluding hydrogens is 308 g/mol. The van der Waals surface area contributed by atoms with Gasteiger partial charge in [-0.1, -0.05) is 37.3 Å². The molecule has 2 aliphatic carbocycles. The third-order valence-electron chi connectivity index (χ3n) is 5.88. The quantitative estimate of drug-likeness (QED) is 0.709. The molecule has 1 aliphatic heterocycles. The minimum atomic E-state index is -0.0509. The highest BCUT2D eigenvalue weighted by atomic mass is 35.5. The van der Waals surface area contributed by atoms with Gasteiger partial charge in [-0.05, 0) is 56.4 Å². The standard InChI is InChI=1S/C19H23ClN2O/c20-15-10-8-14(9-11-15)18(23)22-19(12-4-1-5-13-19)16-6-2-3-7-17(16)21-22/h8-11,16H,1-7,12-13H2/t16-/m0/s1. The number of hydrogen-bond acceptors (Lipinski definition) is 2. The molecule has 0 bridgehead atoms. The fraction of sp³-hybridized carbons (Fsp3) is 0.579. The molecule has 4 heteroatoms. The van der Waals surface area contributed by atoms with Gasteiger partial charge in [-0.2, -0.15) is 5.10 Å². The van der Waals surface area contributed by atoms with Gasteiger partial charge in [-0.3, -0.25) is 4.79 Å². The third kappa shape index (κ3) is 2.50. The van der Waals surface area contributed by atoms with E-state index in [9.17, 15) is 4.79 Å². The lowest BCUT2D eigenvalue weighted by atomic mass is 9.67. The first kappa shape index (κ1) is 15.2. The van der Waals surface area contributed by atoms with Gasteiger partial charge >= 0.3 is 0 Å². The van der Waals surface area contributed by atoms with Crippen LogP contribution >= 0.6 is 11.6 Å². The minimum absolute atomic E-state index is 0.0467. The van der Waals surface area contributed by atoms with Gasteiger partial charge < -0.3 is 0 Å². The van der Waals surface area contributed by atoms with Crippen molar-refractivity contribution in [3.63, 3.8) is 0 Å². The average Bonchev–Trinajstić information content (AvgIpc) is 2.90. The van der Waals surface area contributed by atoms with E-state index in [-0.39, 0.29) is 11.4 Å². The molecule has 0 unspecified atom stereocenters. The summed E-state index contributed by atoms with van der Waals surface area (Å²) in [5.74, 6) is 0.540. The molecule has 1 spiro atoms. The third-order valence-corrected chi connectivity index (χ3v) is 6.13. The van der Waals surface area contributed by atoms with Crippen LogP contribution in [0.25, 0.3) is 0 Å². The summed E-state index contributed by atoms with van der Waals surface area (Å²) in [6.45, 7) is 0. The smallest absolute Gasteiger partial charge is 0.267 e. The van der Waals surface area contributed by atoms with Gasteiger partial charge in [0.05, 0.1) is 5.54 Å². The zero-order valence-corrected chi connectivity index (χ0v) is 14.2. The van der Waals surface area contributed by atoms with Gasteiger partial charge in [0.2, 0.25) is 0 Å². The molecule has 0 N–H and O–H groups in total. The highest BCUT2D eigenvalue weighted by Gasteiger charge is 2.53. The van der Waals surface area contributed by atoms with Crippen molar-refractivity contribution < 1.29 is 4.79 Å². The first-order valence-electron chi connectivity index (χ1n) is 8.88. The van der Waals surface area contributed by atoms with E-state index in [2.05, 4.69) is 0 Å². The molecule has 2 saturated carbocycles. The second kappa shape index (κ2) is 5.94. The van der Waals surface area contributed by atoms with Crippen molar-refractivity contribution in [3.05, 3.63) is 34.9 Å². The summed E-state index contributed by atoms with van der Waals surface area (Å²) in [6, 6.07) is 7.23. The van der Waals surface area contributed by atoms with E-state index < -0.39 is 0 Å². The summed E-state index contributed by atoms with van der Waals surface area (Å²) in [5, 5.41) is 7.39. The molecule has 4 rings (SSSR count). The Labute approximate surface area is 142 Å². The van der Waals surface area contributed by atoms with Crippen LogP contribution in [-0.2, 0) is 0 Å². The number of carbonyl (C=O) groups excluding carboxylic acids is 1. The lowest BCUT2D eigenvalue weighted by Gasteiger charge is -2.44. The van der Waals surface area contributed by atoms with Crippen molar-refractivity contribution in [1.82, 2.24) is 5.01 Å². The van der Waals surface area contributed by atoms with Gasteiger partial charge in [0.1, 0.15) is 0 Å². The summed E-state index contributed by atoms with van der Waals surface area (Å²) < 4.78 is 0. The second-order valence-corrected chi connectivity index (χ2v) is 7.61. The SMILES string of the molecule is O=C(c1ccc(Cl)cc1)N1N=C2CCCC[C@@H]2C12CCCCC2. The molecule has 0 saturated heterocycles. The summed E-state index contributed by atoms with van der Waals surface area (Å²) in [4.78, 5) is 13.2. The number of hydrogen-bond donors (Lipinski definition) is 0. The molecule has 1 heterocycles. The Hall–Kier alpha value is -1.35. The van der Waals surface area contributed by atoms with Crippen LogP contribution in [0.3, 0.4) is 0 Å². The summed E-state index contributed by atoms with van der Waals surface area (Å²) in [6.07, 6.45) is 10.7. The van der Waals surface area contributed by atoms with E-state index in [0.29, 0.717) is 16.5 Å². The van der Waals surface area contributed by atoms with Crippen LogP contribution in [0.1, 0.15) is 68.1 Å². The van der Waals surface area contributed by atoms with Crippen LogP contribution in [0, 0.1) is 5.92 Å². The zero-order valence-electron chi connectivity index (χ0n) is 13.4. The number of fused-ring (bicyclic) bond motifs is 2. The van der Waals surface area contributed by atoms with Crippen molar-refractivity contribution in [1.29, 1.82) is 0 Å². The molecule has 2 fully saturated rings. The average molecular weight is 331 g/mol. The Kier molecular flexibility index (Phi) is 3.92. The van der Waals surface area contributed by atoms with E-state index >= 15 is 0 Å². The van der Waals surface area contributed by atoms with E-state index in [1.807, 2.05) is 17.1 Å². The molecule has 1 atom stereocenters. The van der Waals surface area contributed by atoms with Crippen LogP contribution in [0.5, 0.6) is 0 Å². The van der Waals surface area contributed by atoms with Gasteiger partial charge in [0.15, 0.2) is 0 Å². The maximum atomic E-state index is 13.2. The molecule has 0 radical (unpaired) electrons. The maximum Gasteiger partial charge on any atom is 0.274 e. The highest BCUT2D eigenvalue weighted by molar-refractivity contribution is 6.30. The van der Waals surface area contributed by atoms with Crippen LogP contribution < -0.4 is 0 Å². The van der Waals surface area contributed by atoms with E-state index in [1.165, 1.54) is 44.2 Å². The molecule has 1 aromatic carbocycles. The van der Waals surface area contributed by atoms with Crippen LogP contribution in [0.4, 0.5) is 0 Å². The monoisotopic (exact) mass is 330 g/mol. The van der Waals surface area contributed by atoms with Crippen LogP contribution in [-0.4, -0.2) is 22.2 Å². The summed E-state index contributed by atoms with van der Waals surface area (Å²) in [7, 11) is 0. The maximum absolute atomic E-state index is 13.2. The number of amides is 1. The van der Waals surface area contributed by atoms with Crippen molar-refractivity contribution in [3.8, 4) is 0 Å². The van der Waals surface area contributed by atoms with Crippen molar-refractivity contribution >= 4 is 23.2 Å². The number of rotatable bonds is 1. The molecule has 23 heavy (non-hydrogen) atoms.